The van der Waals surface area contributed by atoms with E-state index in [4.69, 9.17) is 16.4 Å². The summed E-state index contributed by atoms with van der Waals surface area (Å²) in [7, 11) is 0. The normalized spacial score (nSPS) is 11.5. The van der Waals surface area contributed by atoms with Crippen LogP contribution in [0.4, 0.5) is 4.39 Å². The van der Waals surface area contributed by atoms with E-state index in [-0.39, 0.29) is 0 Å². The number of nitrogens with zero attached hydrogens (tertiary/aromatic N) is 1. The average molecular weight is 216 g/mol. The van der Waals surface area contributed by atoms with Gasteiger partial charge in [-0.1, -0.05) is 28.9 Å². The highest BCUT2D eigenvalue weighted by molar-refractivity contribution is 6.30. The Hall–Kier alpha value is -1.09. The van der Waals surface area contributed by atoms with Crippen molar-refractivity contribution in [2.75, 3.05) is 6.67 Å². The van der Waals surface area contributed by atoms with Crippen LogP contribution in [0.25, 0.3) is 0 Å². The van der Waals surface area contributed by atoms with Crippen molar-refractivity contribution < 1.29 is 9.23 Å². The maximum atomic E-state index is 11.9. The van der Waals surface area contributed by atoms with E-state index in [1.807, 2.05) is 12.1 Å². The quantitative estimate of drug-likeness (QED) is 0.558. The molecule has 0 spiro atoms. The van der Waals surface area contributed by atoms with Gasteiger partial charge in [0.25, 0.3) is 0 Å². The molecule has 1 aromatic carbocycles. The molecule has 0 bridgehead atoms. The largest absolute Gasteiger partial charge is 0.391 e. The molecule has 4 heteroatoms. The summed E-state index contributed by atoms with van der Waals surface area (Å²) in [6.45, 7) is 1.28. The predicted molar refractivity (Wildman–Crippen MR) is 55.3 cm³/mol. The molecule has 14 heavy (non-hydrogen) atoms. The van der Waals surface area contributed by atoms with E-state index in [1.54, 1.807) is 19.1 Å². The van der Waals surface area contributed by atoms with Crippen LogP contribution in [0.3, 0.4) is 0 Å². The first-order valence-corrected chi connectivity index (χ1v) is 4.56. The zero-order chi connectivity index (χ0) is 10.4. The summed E-state index contributed by atoms with van der Waals surface area (Å²) in [5.41, 5.74) is 1.24. The zero-order valence-corrected chi connectivity index (χ0v) is 8.59. The molecule has 0 N–H and O–H groups in total. The van der Waals surface area contributed by atoms with Crippen LogP contribution in [0, 0.1) is 0 Å². The minimum absolute atomic E-state index is 0.303. The number of oxime groups is 1. The summed E-state index contributed by atoms with van der Waals surface area (Å²) in [4.78, 5) is 4.92. The SMILES string of the molecule is C/C(CF)=N/OCc1cccc(Cl)c1. The minimum atomic E-state index is -0.588. The predicted octanol–water partition coefficient (Wildman–Crippen LogP) is 3.20. The fraction of sp³-hybridized carbons (Fsp3) is 0.300. The highest BCUT2D eigenvalue weighted by Crippen LogP contribution is 2.11. The van der Waals surface area contributed by atoms with Gasteiger partial charge in [-0.3, -0.25) is 0 Å². The number of alkyl halides is 1. The van der Waals surface area contributed by atoms with Crippen LogP contribution < -0.4 is 0 Å². The van der Waals surface area contributed by atoms with Crippen LogP contribution in [-0.4, -0.2) is 12.4 Å². The van der Waals surface area contributed by atoms with Gasteiger partial charge in [-0.2, -0.15) is 0 Å². The molecule has 0 fully saturated rings. The molecular weight excluding hydrogens is 205 g/mol. The van der Waals surface area contributed by atoms with Crippen molar-refractivity contribution in [2.24, 2.45) is 5.16 Å². The van der Waals surface area contributed by atoms with Crippen molar-refractivity contribution in [1.82, 2.24) is 0 Å². The van der Waals surface area contributed by atoms with E-state index in [0.29, 0.717) is 17.3 Å². The molecule has 0 aliphatic heterocycles. The number of halogens is 2. The van der Waals surface area contributed by atoms with Crippen LogP contribution in [-0.2, 0) is 11.4 Å². The van der Waals surface area contributed by atoms with Gasteiger partial charge in [0, 0.05) is 5.02 Å². The molecule has 0 atom stereocenters. The van der Waals surface area contributed by atoms with E-state index in [2.05, 4.69) is 5.16 Å². The lowest BCUT2D eigenvalue weighted by Gasteiger charge is -2.00. The van der Waals surface area contributed by atoms with Gasteiger partial charge in [-0.25, -0.2) is 4.39 Å². The van der Waals surface area contributed by atoms with Gasteiger partial charge in [0.2, 0.25) is 0 Å². The first-order chi connectivity index (χ1) is 6.72. The van der Waals surface area contributed by atoms with E-state index < -0.39 is 6.67 Å². The van der Waals surface area contributed by atoms with Gasteiger partial charge in [-0.15, -0.1) is 0 Å². The molecule has 0 heterocycles. The van der Waals surface area contributed by atoms with Crippen molar-refractivity contribution >= 4 is 17.3 Å². The third-order valence-corrected chi connectivity index (χ3v) is 1.77. The van der Waals surface area contributed by atoms with Gasteiger partial charge < -0.3 is 4.84 Å². The summed E-state index contributed by atoms with van der Waals surface area (Å²) in [6.07, 6.45) is 0. The molecule has 76 valence electrons. The van der Waals surface area contributed by atoms with Crippen LogP contribution in [0.15, 0.2) is 29.4 Å². The standard InChI is InChI=1S/C10H11ClFNO/c1-8(6-12)13-14-7-9-3-2-4-10(11)5-9/h2-5H,6-7H2,1H3/b13-8-. The molecular formula is C10H11ClFNO. The second-order valence-corrected chi connectivity index (χ2v) is 3.30. The Balaban J connectivity index is 2.46. The molecule has 0 saturated heterocycles. The fourth-order valence-corrected chi connectivity index (χ4v) is 1.08. The second-order valence-electron chi connectivity index (χ2n) is 2.86. The molecule has 0 amide bonds. The molecule has 1 aromatic rings. The third-order valence-electron chi connectivity index (χ3n) is 1.53. The molecule has 0 aromatic heterocycles. The number of hydrogen-bond donors (Lipinski definition) is 0. The number of benzene rings is 1. The van der Waals surface area contributed by atoms with Gasteiger partial charge in [0.05, 0.1) is 5.71 Å². The Morgan fingerprint density at radius 1 is 1.57 bits per heavy atom. The third kappa shape index (κ3) is 3.75. The van der Waals surface area contributed by atoms with E-state index in [0.717, 1.165) is 5.56 Å². The maximum absolute atomic E-state index is 11.9. The van der Waals surface area contributed by atoms with Crippen molar-refractivity contribution in [3.63, 3.8) is 0 Å². The Morgan fingerprint density at radius 3 is 3.00 bits per heavy atom. The van der Waals surface area contributed by atoms with Gasteiger partial charge in [0.15, 0.2) is 0 Å². The summed E-state index contributed by atoms with van der Waals surface area (Å²) < 4.78 is 11.9. The molecule has 0 radical (unpaired) electrons. The second kappa shape index (κ2) is 5.60. The number of rotatable bonds is 4. The lowest BCUT2D eigenvalue weighted by atomic mass is 10.2. The Morgan fingerprint density at radius 2 is 2.36 bits per heavy atom. The van der Waals surface area contributed by atoms with E-state index >= 15 is 0 Å². The van der Waals surface area contributed by atoms with Crippen LogP contribution in [0.5, 0.6) is 0 Å². The van der Waals surface area contributed by atoms with Gasteiger partial charge >= 0.3 is 0 Å². The van der Waals surface area contributed by atoms with Crippen LogP contribution >= 0.6 is 11.6 Å². The van der Waals surface area contributed by atoms with Crippen molar-refractivity contribution in [3.05, 3.63) is 34.9 Å². The Kier molecular flexibility index (Phi) is 4.40. The summed E-state index contributed by atoms with van der Waals surface area (Å²) in [6, 6.07) is 7.25. The van der Waals surface area contributed by atoms with E-state index in [9.17, 15) is 4.39 Å². The molecule has 0 aliphatic rings. The molecule has 0 saturated carbocycles. The first kappa shape index (κ1) is 11.0. The topological polar surface area (TPSA) is 21.6 Å². The van der Waals surface area contributed by atoms with Gasteiger partial charge in [-0.05, 0) is 24.6 Å². The summed E-state index contributed by atoms with van der Waals surface area (Å²) in [5.74, 6) is 0. The van der Waals surface area contributed by atoms with Gasteiger partial charge in [0.1, 0.15) is 13.3 Å². The molecule has 0 aliphatic carbocycles. The number of hydrogen-bond acceptors (Lipinski definition) is 2. The van der Waals surface area contributed by atoms with Crippen molar-refractivity contribution in [3.8, 4) is 0 Å². The summed E-state index contributed by atoms with van der Waals surface area (Å²) in [5, 5.41) is 4.22. The fourth-order valence-electron chi connectivity index (χ4n) is 0.868. The van der Waals surface area contributed by atoms with Crippen LogP contribution in [0.1, 0.15) is 12.5 Å². The monoisotopic (exact) mass is 215 g/mol. The molecule has 0 unspecified atom stereocenters. The van der Waals surface area contributed by atoms with Crippen molar-refractivity contribution in [1.29, 1.82) is 0 Å². The zero-order valence-electron chi connectivity index (χ0n) is 7.84. The molecule has 2 nitrogen and oxygen atoms in total. The van der Waals surface area contributed by atoms with E-state index in [1.165, 1.54) is 0 Å². The highest BCUT2D eigenvalue weighted by atomic mass is 35.5. The first-order valence-electron chi connectivity index (χ1n) is 4.18. The lowest BCUT2D eigenvalue weighted by Crippen LogP contribution is -1.95. The maximum Gasteiger partial charge on any atom is 0.142 e. The summed E-state index contributed by atoms with van der Waals surface area (Å²) >= 11 is 5.76. The minimum Gasteiger partial charge on any atom is -0.391 e. The Bertz CT molecular complexity index is 328. The van der Waals surface area contributed by atoms with Crippen LogP contribution in [0.2, 0.25) is 5.02 Å². The van der Waals surface area contributed by atoms with Crippen molar-refractivity contribution in [2.45, 2.75) is 13.5 Å². The smallest absolute Gasteiger partial charge is 0.142 e. The lowest BCUT2D eigenvalue weighted by molar-refractivity contribution is 0.129. The highest BCUT2D eigenvalue weighted by Gasteiger charge is 1.94. The average Bonchev–Trinajstić information content (AvgIpc) is 2.17. The Labute approximate surface area is 87.3 Å². The molecule has 1 rings (SSSR count).